The molecule has 19 heavy (non-hydrogen) atoms. The highest BCUT2D eigenvalue weighted by Crippen LogP contribution is 2.27. The van der Waals surface area contributed by atoms with Crippen molar-refractivity contribution in [2.24, 2.45) is 5.73 Å². The molecule has 0 bridgehead atoms. The maximum atomic E-state index is 11.8. The molecule has 0 spiro atoms. The molecule has 0 heterocycles. The normalized spacial score (nSPS) is 11.7. The zero-order chi connectivity index (χ0) is 14.5. The molecule has 0 saturated heterocycles. The van der Waals surface area contributed by atoms with Gasteiger partial charge in [0.05, 0.1) is 6.61 Å². The van der Waals surface area contributed by atoms with Gasteiger partial charge in [-0.05, 0) is 24.6 Å². The topological polar surface area (TPSA) is 44.5 Å². The van der Waals surface area contributed by atoms with E-state index >= 15 is 0 Å². The highest BCUT2D eigenvalue weighted by atomic mass is 79.9. The Morgan fingerprint density at radius 3 is 2.53 bits per heavy atom. The fraction of sp³-hybridized carbons (Fsp3) is 0.500. The molecule has 0 saturated carbocycles. The minimum absolute atomic E-state index is 0.0472. The van der Waals surface area contributed by atoms with Gasteiger partial charge in [-0.1, -0.05) is 15.9 Å². The van der Waals surface area contributed by atoms with Gasteiger partial charge >= 0.3 is 6.18 Å². The van der Waals surface area contributed by atoms with Crippen molar-refractivity contribution in [1.82, 2.24) is 0 Å². The lowest BCUT2D eigenvalue weighted by Gasteiger charge is -2.14. The Morgan fingerprint density at radius 2 is 1.95 bits per heavy atom. The van der Waals surface area contributed by atoms with Gasteiger partial charge in [0.15, 0.2) is 0 Å². The van der Waals surface area contributed by atoms with Crippen LogP contribution >= 0.6 is 15.9 Å². The number of halogens is 4. The van der Waals surface area contributed by atoms with Crippen LogP contribution in [0.5, 0.6) is 5.75 Å². The Morgan fingerprint density at radius 1 is 1.26 bits per heavy atom. The lowest BCUT2D eigenvalue weighted by Crippen LogP contribution is -2.19. The van der Waals surface area contributed by atoms with E-state index in [1.54, 1.807) is 0 Å². The number of hydrogen-bond donors (Lipinski definition) is 1. The standard InChI is InChI=1S/C12H15BrF3NO2/c1-8-4-10(13)5-9(6-17)11(8)19-3-2-18-7-12(14,15)16/h4-5H,2-3,6-7,17H2,1H3. The van der Waals surface area contributed by atoms with Crippen LogP contribution in [0, 0.1) is 6.92 Å². The predicted molar refractivity (Wildman–Crippen MR) is 69.1 cm³/mol. The molecule has 0 radical (unpaired) electrons. The van der Waals surface area contributed by atoms with Crippen LogP contribution in [0.4, 0.5) is 13.2 Å². The Hall–Kier alpha value is -0.790. The maximum absolute atomic E-state index is 11.8. The summed E-state index contributed by atoms with van der Waals surface area (Å²) >= 11 is 3.34. The Bertz CT molecular complexity index is 424. The van der Waals surface area contributed by atoms with Crippen LogP contribution < -0.4 is 10.5 Å². The van der Waals surface area contributed by atoms with E-state index in [1.807, 2.05) is 19.1 Å². The molecule has 7 heteroatoms. The van der Waals surface area contributed by atoms with Crippen molar-refractivity contribution in [3.05, 3.63) is 27.7 Å². The molecule has 0 aliphatic carbocycles. The third kappa shape index (κ3) is 5.80. The molecule has 0 unspecified atom stereocenters. The van der Waals surface area contributed by atoms with Crippen molar-refractivity contribution >= 4 is 15.9 Å². The average Bonchev–Trinajstić information content (AvgIpc) is 2.29. The number of aryl methyl sites for hydroxylation is 1. The summed E-state index contributed by atoms with van der Waals surface area (Å²) in [6, 6.07) is 3.67. The van der Waals surface area contributed by atoms with Crippen LogP contribution in [0.15, 0.2) is 16.6 Å². The molecule has 1 aromatic carbocycles. The molecule has 0 aliphatic heterocycles. The summed E-state index contributed by atoms with van der Waals surface area (Å²) in [5.74, 6) is 0.598. The van der Waals surface area contributed by atoms with Crippen LogP contribution in [0.25, 0.3) is 0 Å². The van der Waals surface area contributed by atoms with E-state index in [1.165, 1.54) is 0 Å². The second kappa shape index (κ2) is 7.12. The van der Waals surface area contributed by atoms with Crippen LogP contribution in [0.1, 0.15) is 11.1 Å². The number of alkyl halides is 3. The van der Waals surface area contributed by atoms with Gasteiger partial charge in [-0.2, -0.15) is 13.2 Å². The van der Waals surface area contributed by atoms with E-state index in [0.717, 1.165) is 15.6 Å². The first-order valence-electron chi connectivity index (χ1n) is 5.60. The SMILES string of the molecule is Cc1cc(Br)cc(CN)c1OCCOCC(F)(F)F. The molecule has 2 N–H and O–H groups in total. The molecule has 108 valence electrons. The van der Waals surface area contributed by atoms with Crippen molar-refractivity contribution in [3.63, 3.8) is 0 Å². The van der Waals surface area contributed by atoms with Gasteiger partial charge in [0.2, 0.25) is 0 Å². The monoisotopic (exact) mass is 341 g/mol. The highest BCUT2D eigenvalue weighted by Gasteiger charge is 2.27. The summed E-state index contributed by atoms with van der Waals surface area (Å²) in [5, 5.41) is 0. The summed E-state index contributed by atoms with van der Waals surface area (Å²) in [6.45, 7) is 0.791. The molecule has 0 aliphatic rings. The Labute approximate surface area is 118 Å². The summed E-state index contributed by atoms with van der Waals surface area (Å²) in [5.41, 5.74) is 7.26. The first-order chi connectivity index (χ1) is 8.83. The Kier molecular flexibility index (Phi) is 6.09. The summed E-state index contributed by atoms with van der Waals surface area (Å²) < 4.78 is 46.3. The molecular weight excluding hydrogens is 327 g/mol. The predicted octanol–water partition coefficient (Wildman–Crippen LogP) is 3.17. The van der Waals surface area contributed by atoms with E-state index in [-0.39, 0.29) is 13.2 Å². The number of benzene rings is 1. The molecule has 1 rings (SSSR count). The number of hydrogen-bond acceptors (Lipinski definition) is 3. The third-order valence-corrected chi connectivity index (χ3v) is 2.73. The highest BCUT2D eigenvalue weighted by molar-refractivity contribution is 9.10. The summed E-state index contributed by atoms with van der Waals surface area (Å²) in [7, 11) is 0. The van der Waals surface area contributed by atoms with Crippen molar-refractivity contribution < 1.29 is 22.6 Å². The smallest absolute Gasteiger partial charge is 0.411 e. The van der Waals surface area contributed by atoms with Crippen molar-refractivity contribution in [2.45, 2.75) is 19.6 Å². The van der Waals surface area contributed by atoms with Crippen molar-refractivity contribution in [2.75, 3.05) is 19.8 Å². The van der Waals surface area contributed by atoms with E-state index in [9.17, 15) is 13.2 Å². The van der Waals surface area contributed by atoms with Gasteiger partial charge in [0.1, 0.15) is 19.0 Å². The molecule has 0 fully saturated rings. The zero-order valence-electron chi connectivity index (χ0n) is 10.4. The lowest BCUT2D eigenvalue weighted by atomic mass is 10.1. The van der Waals surface area contributed by atoms with Crippen molar-refractivity contribution in [3.8, 4) is 5.75 Å². The Balaban J connectivity index is 2.49. The number of nitrogens with two attached hydrogens (primary N) is 1. The fourth-order valence-electron chi connectivity index (χ4n) is 1.55. The van der Waals surface area contributed by atoms with Gasteiger partial charge in [-0.15, -0.1) is 0 Å². The van der Waals surface area contributed by atoms with Gasteiger partial charge in [0.25, 0.3) is 0 Å². The van der Waals surface area contributed by atoms with Crippen LogP contribution in [-0.2, 0) is 11.3 Å². The second-order valence-corrected chi connectivity index (χ2v) is 4.85. The summed E-state index contributed by atoms with van der Waals surface area (Å²) in [6.07, 6.45) is -4.31. The second-order valence-electron chi connectivity index (χ2n) is 3.93. The average molecular weight is 342 g/mol. The van der Waals surface area contributed by atoms with Gasteiger partial charge in [0, 0.05) is 16.6 Å². The third-order valence-electron chi connectivity index (χ3n) is 2.28. The lowest BCUT2D eigenvalue weighted by molar-refractivity contribution is -0.175. The summed E-state index contributed by atoms with van der Waals surface area (Å²) in [4.78, 5) is 0. The van der Waals surface area contributed by atoms with E-state index in [0.29, 0.717) is 12.3 Å². The van der Waals surface area contributed by atoms with E-state index in [2.05, 4.69) is 20.7 Å². The molecular formula is C12H15BrF3NO2. The molecule has 3 nitrogen and oxygen atoms in total. The first-order valence-corrected chi connectivity index (χ1v) is 6.39. The van der Waals surface area contributed by atoms with E-state index in [4.69, 9.17) is 10.5 Å². The minimum atomic E-state index is -4.31. The van der Waals surface area contributed by atoms with Crippen molar-refractivity contribution in [1.29, 1.82) is 0 Å². The molecule has 0 aromatic heterocycles. The number of rotatable bonds is 6. The zero-order valence-corrected chi connectivity index (χ0v) is 12.0. The number of ether oxygens (including phenoxy) is 2. The molecule has 0 atom stereocenters. The molecule has 0 amide bonds. The quantitative estimate of drug-likeness (QED) is 0.808. The van der Waals surface area contributed by atoms with Gasteiger partial charge in [-0.3, -0.25) is 0 Å². The fourth-order valence-corrected chi connectivity index (χ4v) is 2.17. The maximum Gasteiger partial charge on any atom is 0.411 e. The van der Waals surface area contributed by atoms with E-state index < -0.39 is 12.8 Å². The van der Waals surface area contributed by atoms with Crippen LogP contribution in [-0.4, -0.2) is 26.0 Å². The largest absolute Gasteiger partial charge is 0.491 e. The first kappa shape index (κ1) is 16.3. The van der Waals surface area contributed by atoms with Crippen LogP contribution in [0.3, 0.4) is 0 Å². The van der Waals surface area contributed by atoms with Crippen LogP contribution in [0.2, 0.25) is 0 Å². The van der Waals surface area contributed by atoms with Gasteiger partial charge in [-0.25, -0.2) is 0 Å². The van der Waals surface area contributed by atoms with Gasteiger partial charge < -0.3 is 15.2 Å². The minimum Gasteiger partial charge on any atom is -0.491 e. The molecule has 1 aromatic rings.